The van der Waals surface area contributed by atoms with Crippen LogP contribution in [-0.2, 0) is 20.7 Å². The number of benzene rings is 1. The van der Waals surface area contributed by atoms with Crippen molar-refractivity contribution >= 4 is 11.9 Å². The van der Waals surface area contributed by atoms with E-state index >= 15 is 0 Å². The molecule has 1 aliphatic rings. The molecule has 0 saturated carbocycles. The van der Waals surface area contributed by atoms with Crippen LogP contribution < -0.4 is 5.32 Å². The first-order chi connectivity index (χ1) is 9.52. The SMILES string of the molecule is Cc1cccc(CCC(=O)NC2(C(=O)O)CCOC2)c1. The maximum atomic E-state index is 11.9. The lowest BCUT2D eigenvalue weighted by molar-refractivity contribution is -0.147. The van der Waals surface area contributed by atoms with E-state index in [4.69, 9.17) is 4.74 Å². The standard InChI is InChI=1S/C15H19NO4/c1-11-3-2-4-12(9-11)5-6-13(17)16-15(14(18)19)7-8-20-10-15/h2-4,9H,5-8,10H2,1H3,(H,16,17)(H,18,19). The Morgan fingerprint density at radius 2 is 2.25 bits per heavy atom. The molecule has 5 heteroatoms. The van der Waals surface area contributed by atoms with Crippen LogP contribution in [0, 0.1) is 6.92 Å². The summed E-state index contributed by atoms with van der Waals surface area (Å²) in [5.41, 5.74) is 0.977. The number of rotatable bonds is 5. The van der Waals surface area contributed by atoms with Gasteiger partial charge < -0.3 is 15.2 Å². The van der Waals surface area contributed by atoms with Gasteiger partial charge in [0.2, 0.25) is 5.91 Å². The number of carbonyl (C=O) groups is 2. The molecule has 2 rings (SSSR count). The highest BCUT2D eigenvalue weighted by Crippen LogP contribution is 2.19. The van der Waals surface area contributed by atoms with Crippen molar-refractivity contribution in [2.75, 3.05) is 13.2 Å². The van der Waals surface area contributed by atoms with E-state index in [0.717, 1.165) is 11.1 Å². The van der Waals surface area contributed by atoms with Gasteiger partial charge in [0.05, 0.1) is 6.61 Å². The normalized spacial score (nSPS) is 21.6. The van der Waals surface area contributed by atoms with Crippen LogP contribution in [0.3, 0.4) is 0 Å². The Morgan fingerprint density at radius 1 is 1.45 bits per heavy atom. The molecule has 0 spiro atoms. The van der Waals surface area contributed by atoms with Gasteiger partial charge in [-0.25, -0.2) is 4.79 Å². The van der Waals surface area contributed by atoms with E-state index in [2.05, 4.69) is 5.32 Å². The molecular formula is C15H19NO4. The predicted octanol–water partition coefficient (Wildman–Crippen LogP) is 1.29. The highest BCUT2D eigenvalue weighted by atomic mass is 16.5. The van der Waals surface area contributed by atoms with Crippen molar-refractivity contribution < 1.29 is 19.4 Å². The Hall–Kier alpha value is -1.88. The molecule has 20 heavy (non-hydrogen) atoms. The van der Waals surface area contributed by atoms with Gasteiger partial charge in [-0.05, 0) is 18.9 Å². The lowest BCUT2D eigenvalue weighted by atomic mass is 9.98. The minimum absolute atomic E-state index is 0.0402. The van der Waals surface area contributed by atoms with E-state index in [-0.39, 0.29) is 18.9 Å². The third-order valence-corrected chi connectivity index (χ3v) is 3.53. The molecule has 1 heterocycles. The molecule has 1 atom stereocenters. The average molecular weight is 277 g/mol. The fourth-order valence-corrected chi connectivity index (χ4v) is 2.34. The van der Waals surface area contributed by atoms with E-state index in [1.807, 2.05) is 31.2 Å². The fraction of sp³-hybridized carbons (Fsp3) is 0.467. The lowest BCUT2D eigenvalue weighted by Crippen LogP contribution is -2.55. The zero-order valence-corrected chi connectivity index (χ0v) is 11.5. The van der Waals surface area contributed by atoms with Gasteiger partial charge in [0, 0.05) is 19.4 Å². The molecule has 0 aliphatic carbocycles. The predicted molar refractivity (Wildman–Crippen MR) is 73.4 cm³/mol. The van der Waals surface area contributed by atoms with Gasteiger partial charge in [0.1, 0.15) is 0 Å². The lowest BCUT2D eigenvalue weighted by Gasteiger charge is -2.23. The van der Waals surface area contributed by atoms with Crippen LogP contribution in [0.15, 0.2) is 24.3 Å². The summed E-state index contributed by atoms with van der Waals surface area (Å²) >= 11 is 0. The third-order valence-electron chi connectivity index (χ3n) is 3.53. The van der Waals surface area contributed by atoms with Crippen LogP contribution in [0.1, 0.15) is 24.0 Å². The molecule has 1 saturated heterocycles. The second-order valence-electron chi connectivity index (χ2n) is 5.23. The second-order valence-corrected chi connectivity index (χ2v) is 5.23. The first-order valence-corrected chi connectivity index (χ1v) is 6.69. The van der Waals surface area contributed by atoms with Gasteiger partial charge in [0.15, 0.2) is 5.54 Å². The quantitative estimate of drug-likeness (QED) is 0.850. The molecule has 0 aromatic heterocycles. The Kier molecular flexibility index (Phi) is 4.39. The minimum Gasteiger partial charge on any atom is -0.479 e. The van der Waals surface area contributed by atoms with Crippen LogP contribution in [-0.4, -0.2) is 35.7 Å². The number of aliphatic carboxylic acids is 1. The zero-order valence-electron chi connectivity index (χ0n) is 11.5. The number of carboxylic acids is 1. The second kappa shape index (κ2) is 6.05. The van der Waals surface area contributed by atoms with Crippen LogP contribution in [0.25, 0.3) is 0 Å². The maximum absolute atomic E-state index is 11.9. The first-order valence-electron chi connectivity index (χ1n) is 6.69. The molecule has 108 valence electrons. The number of carboxylic acid groups (broad SMARTS) is 1. The number of hydrogen-bond acceptors (Lipinski definition) is 3. The molecule has 2 N–H and O–H groups in total. The molecule has 0 bridgehead atoms. The van der Waals surface area contributed by atoms with E-state index in [0.29, 0.717) is 19.4 Å². The Labute approximate surface area is 117 Å². The van der Waals surface area contributed by atoms with Gasteiger partial charge >= 0.3 is 5.97 Å². The summed E-state index contributed by atoms with van der Waals surface area (Å²) in [5.74, 6) is -1.28. The summed E-state index contributed by atoms with van der Waals surface area (Å²) in [6.07, 6.45) is 1.20. The number of ether oxygens (including phenoxy) is 1. The highest BCUT2D eigenvalue weighted by Gasteiger charge is 2.43. The fourth-order valence-electron chi connectivity index (χ4n) is 2.34. The minimum atomic E-state index is -1.25. The Balaban J connectivity index is 1.90. The van der Waals surface area contributed by atoms with Crippen molar-refractivity contribution in [2.24, 2.45) is 0 Å². The van der Waals surface area contributed by atoms with E-state index < -0.39 is 11.5 Å². The van der Waals surface area contributed by atoms with E-state index in [1.165, 1.54) is 0 Å². The van der Waals surface area contributed by atoms with Gasteiger partial charge in [-0.15, -0.1) is 0 Å². The van der Waals surface area contributed by atoms with Gasteiger partial charge in [-0.2, -0.15) is 0 Å². The van der Waals surface area contributed by atoms with Gasteiger partial charge in [-0.3, -0.25) is 4.79 Å². The molecule has 1 amide bonds. The topological polar surface area (TPSA) is 75.6 Å². The monoisotopic (exact) mass is 277 g/mol. The summed E-state index contributed by atoms with van der Waals surface area (Å²) in [6, 6.07) is 7.94. The molecule has 0 radical (unpaired) electrons. The number of nitrogens with one attached hydrogen (secondary N) is 1. The molecule has 5 nitrogen and oxygen atoms in total. The number of amides is 1. The molecule has 1 aromatic rings. The smallest absolute Gasteiger partial charge is 0.331 e. The molecule has 1 aromatic carbocycles. The summed E-state index contributed by atoms with van der Waals surface area (Å²) < 4.78 is 5.11. The number of carbonyl (C=O) groups excluding carboxylic acids is 1. The number of hydrogen-bond donors (Lipinski definition) is 2. The van der Waals surface area contributed by atoms with E-state index in [1.54, 1.807) is 0 Å². The summed E-state index contributed by atoms with van der Waals surface area (Å²) in [6.45, 7) is 2.40. The average Bonchev–Trinajstić information content (AvgIpc) is 2.86. The Morgan fingerprint density at radius 3 is 2.85 bits per heavy atom. The third kappa shape index (κ3) is 3.36. The van der Waals surface area contributed by atoms with Gasteiger partial charge in [0.25, 0.3) is 0 Å². The van der Waals surface area contributed by atoms with Crippen molar-refractivity contribution in [3.63, 3.8) is 0 Å². The maximum Gasteiger partial charge on any atom is 0.331 e. The molecule has 1 fully saturated rings. The van der Waals surface area contributed by atoms with E-state index in [9.17, 15) is 14.7 Å². The first kappa shape index (κ1) is 14.5. The van der Waals surface area contributed by atoms with Crippen LogP contribution >= 0.6 is 0 Å². The highest BCUT2D eigenvalue weighted by molar-refractivity contribution is 5.87. The van der Waals surface area contributed by atoms with Crippen molar-refractivity contribution in [2.45, 2.75) is 31.7 Å². The van der Waals surface area contributed by atoms with Crippen LogP contribution in [0.5, 0.6) is 0 Å². The number of aryl methyl sites for hydroxylation is 2. The molecular weight excluding hydrogens is 258 g/mol. The largest absolute Gasteiger partial charge is 0.479 e. The Bertz CT molecular complexity index is 506. The molecule has 1 unspecified atom stereocenters. The summed E-state index contributed by atoms with van der Waals surface area (Å²) in [4.78, 5) is 23.2. The van der Waals surface area contributed by atoms with Crippen LogP contribution in [0.2, 0.25) is 0 Å². The zero-order chi connectivity index (χ0) is 14.6. The van der Waals surface area contributed by atoms with Crippen molar-refractivity contribution in [1.82, 2.24) is 5.32 Å². The van der Waals surface area contributed by atoms with Crippen molar-refractivity contribution in [1.29, 1.82) is 0 Å². The van der Waals surface area contributed by atoms with Crippen molar-refractivity contribution in [3.8, 4) is 0 Å². The van der Waals surface area contributed by atoms with Crippen LogP contribution in [0.4, 0.5) is 0 Å². The summed E-state index contributed by atoms with van der Waals surface area (Å²) in [7, 11) is 0. The van der Waals surface area contributed by atoms with Gasteiger partial charge in [-0.1, -0.05) is 29.8 Å². The summed E-state index contributed by atoms with van der Waals surface area (Å²) in [5, 5.41) is 11.9. The molecule has 1 aliphatic heterocycles. The van der Waals surface area contributed by atoms with Crippen molar-refractivity contribution in [3.05, 3.63) is 35.4 Å².